The molecule has 0 N–H and O–H groups in total. The van der Waals surface area contributed by atoms with Crippen molar-refractivity contribution in [1.82, 2.24) is 4.98 Å². The summed E-state index contributed by atoms with van der Waals surface area (Å²) in [5, 5.41) is 2.11. The molecule has 0 amide bonds. The number of fused-ring (bicyclic) bond motifs is 1. The molecule has 1 atom stereocenters. The van der Waals surface area contributed by atoms with Gasteiger partial charge in [-0.3, -0.25) is 4.79 Å². The van der Waals surface area contributed by atoms with Crippen LogP contribution in [0.5, 0.6) is 0 Å². The Morgan fingerprint density at radius 1 is 1.05 bits per heavy atom. The molecule has 0 saturated heterocycles. The minimum Gasteiger partial charge on any atom is -0.336 e. The molecule has 1 aliphatic rings. The predicted octanol–water partition coefficient (Wildman–Crippen LogP) is 5.70. The number of rotatable bonds is 10. The van der Waals surface area contributed by atoms with Gasteiger partial charge in [0.2, 0.25) is 0 Å². The zero-order chi connectivity index (χ0) is 28.5. The molecule has 0 unspecified atom stereocenters. The second-order valence-electron chi connectivity index (χ2n) is 10.2. The Kier molecular flexibility index (Phi) is 12.6. The number of carbonyl (C=O) groups excluding carboxylic acids is 3. The standard InChI is InChI=1S/C33H31ClNOS.CO2.Na/c1-23(36)30-9-4-3-7-25(30)13-17-32(37-22-33(2)18-19-33)27-8-5-6-24(20-27)10-15-29-16-12-26-11-14-28(34)21-31(26)35-29;2-1-3;/h3-12,14-16,20-21,32H,2,13,17-19,22H2,1H3;;/q-1;;+1/b15-10+;;/t32-;;/m1../s1. The van der Waals surface area contributed by atoms with E-state index in [1.807, 2.05) is 54.2 Å². The number of carbonyl (C=O) groups is 1. The first kappa shape index (κ1) is 33.0. The van der Waals surface area contributed by atoms with Crippen LogP contribution in [0.25, 0.3) is 23.1 Å². The Morgan fingerprint density at radius 2 is 1.78 bits per heavy atom. The number of halogens is 1. The van der Waals surface area contributed by atoms with Crippen LogP contribution < -0.4 is 29.6 Å². The molecule has 0 aliphatic heterocycles. The van der Waals surface area contributed by atoms with E-state index in [4.69, 9.17) is 26.2 Å². The minimum absolute atomic E-state index is 0. The number of benzene rings is 3. The predicted molar refractivity (Wildman–Crippen MR) is 164 cm³/mol. The van der Waals surface area contributed by atoms with Gasteiger partial charge >= 0.3 is 35.7 Å². The molecular weight excluding hydrogens is 561 g/mol. The van der Waals surface area contributed by atoms with Gasteiger partial charge in [0.1, 0.15) is 0 Å². The minimum atomic E-state index is 0. The van der Waals surface area contributed by atoms with Gasteiger partial charge in [-0.25, -0.2) is 4.98 Å². The van der Waals surface area contributed by atoms with Crippen LogP contribution in [0.2, 0.25) is 5.02 Å². The van der Waals surface area contributed by atoms with Crippen LogP contribution in [-0.2, 0) is 16.0 Å². The Bertz CT molecular complexity index is 1560. The van der Waals surface area contributed by atoms with E-state index in [1.54, 1.807) is 6.92 Å². The van der Waals surface area contributed by atoms with Crippen molar-refractivity contribution in [2.75, 3.05) is 5.75 Å². The topological polar surface area (TPSA) is 64.1 Å². The smallest absolute Gasteiger partial charge is 0.336 e. The summed E-state index contributed by atoms with van der Waals surface area (Å²) in [7, 11) is 0. The average molecular weight is 592 g/mol. The molecule has 1 heterocycles. The zero-order valence-corrected chi connectivity index (χ0v) is 27.0. The maximum absolute atomic E-state index is 12.1. The van der Waals surface area contributed by atoms with Gasteiger partial charge in [0, 0.05) is 21.2 Å². The fraction of sp³-hybridized carbons (Fsp3) is 0.235. The van der Waals surface area contributed by atoms with Gasteiger partial charge in [-0.1, -0.05) is 91.2 Å². The van der Waals surface area contributed by atoms with Crippen molar-refractivity contribution in [3.63, 3.8) is 0 Å². The number of ketones is 1. The number of Topliss-reactive ketones (excluding diaryl/α,β-unsaturated/α-hetero) is 1. The van der Waals surface area contributed by atoms with Crippen molar-refractivity contribution in [2.24, 2.45) is 5.41 Å². The molecule has 204 valence electrons. The van der Waals surface area contributed by atoms with Gasteiger partial charge < -0.3 is 6.92 Å². The monoisotopic (exact) mass is 591 g/mol. The fourth-order valence-corrected chi connectivity index (χ4v) is 6.19. The van der Waals surface area contributed by atoms with Crippen LogP contribution in [0.4, 0.5) is 0 Å². The second kappa shape index (κ2) is 15.7. The molecule has 5 rings (SSSR count). The number of thioether (sulfide) groups is 1. The molecule has 0 spiro atoms. The SMILES string of the molecule is O=C=O.[CH2-]C1(CS[C@H](CCc2ccccc2C(C)=O)c2cccc(/C=C/c3ccc4ccc(Cl)cc4n3)c2)CC1.[Na+]. The van der Waals surface area contributed by atoms with Crippen molar-refractivity contribution in [2.45, 2.75) is 37.9 Å². The van der Waals surface area contributed by atoms with E-state index in [0.29, 0.717) is 10.3 Å². The molecule has 0 radical (unpaired) electrons. The van der Waals surface area contributed by atoms with E-state index in [1.165, 1.54) is 18.4 Å². The van der Waals surface area contributed by atoms with Crippen molar-refractivity contribution in [1.29, 1.82) is 0 Å². The molecule has 1 aliphatic carbocycles. The van der Waals surface area contributed by atoms with E-state index in [2.05, 4.69) is 55.5 Å². The normalized spacial score (nSPS) is 13.9. The Labute approximate surface area is 273 Å². The van der Waals surface area contributed by atoms with Crippen LogP contribution in [0.15, 0.2) is 78.9 Å². The maximum Gasteiger partial charge on any atom is 1.00 e. The Hall–Kier alpha value is -2.50. The Morgan fingerprint density at radius 3 is 2.51 bits per heavy atom. The van der Waals surface area contributed by atoms with Gasteiger partial charge in [-0.05, 0) is 66.5 Å². The van der Waals surface area contributed by atoms with Gasteiger partial charge in [-0.2, -0.15) is 21.4 Å². The number of aryl methyl sites for hydroxylation is 1. The van der Waals surface area contributed by atoms with E-state index in [-0.39, 0.29) is 46.9 Å². The summed E-state index contributed by atoms with van der Waals surface area (Å²) in [6.07, 6.45) is 8.71. The molecule has 4 aromatic rings. The summed E-state index contributed by atoms with van der Waals surface area (Å²) in [6.45, 7) is 6.07. The summed E-state index contributed by atoms with van der Waals surface area (Å²) >= 11 is 8.16. The van der Waals surface area contributed by atoms with Crippen LogP contribution >= 0.6 is 23.4 Å². The van der Waals surface area contributed by atoms with Crippen molar-refractivity contribution >= 4 is 58.4 Å². The quantitative estimate of drug-likeness (QED) is 0.134. The van der Waals surface area contributed by atoms with E-state index in [9.17, 15) is 4.79 Å². The molecule has 4 nitrogen and oxygen atoms in total. The van der Waals surface area contributed by atoms with E-state index in [0.717, 1.165) is 51.9 Å². The first-order chi connectivity index (χ1) is 19.3. The third-order valence-electron chi connectivity index (χ3n) is 7.03. The van der Waals surface area contributed by atoms with Crippen LogP contribution in [0.1, 0.15) is 64.2 Å². The molecule has 7 heteroatoms. The molecule has 1 aromatic heterocycles. The van der Waals surface area contributed by atoms with E-state index >= 15 is 0 Å². The first-order valence-electron chi connectivity index (χ1n) is 13.2. The molecule has 3 aromatic carbocycles. The maximum atomic E-state index is 12.1. The molecule has 41 heavy (non-hydrogen) atoms. The third kappa shape index (κ3) is 9.78. The summed E-state index contributed by atoms with van der Waals surface area (Å²) in [5.74, 6) is 1.20. The van der Waals surface area contributed by atoms with Gasteiger partial charge in [0.15, 0.2) is 5.78 Å². The largest absolute Gasteiger partial charge is 1.00 e. The van der Waals surface area contributed by atoms with Crippen molar-refractivity contribution in [3.05, 3.63) is 119 Å². The molecule has 1 saturated carbocycles. The van der Waals surface area contributed by atoms with Crippen LogP contribution in [0.3, 0.4) is 0 Å². The Balaban J connectivity index is 0.00000111. The third-order valence-corrected chi connectivity index (χ3v) is 8.95. The van der Waals surface area contributed by atoms with Crippen molar-refractivity contribution < 1.29 is 43.9 Å². The van der Waals surface area contributed by atoms with E-state index < -0.39 is 0 Å². The number of hydrogen-bond donors (Lipinski definition) is 0. The first-order valence-corrected chi connectivity index (χ1v) is 14.6. The summed E-state index contributed by atoms with van der Waals surface area (Å²) in [5.41, 5.74) is 6.47. The molecular formula is C34H31ClNNaO3S. The second-order valence-corrected chi connectivity index (χ2v) is 11.8. The van der Waals surface area contributed by atoms with Crippen LogP contribution in [-0.4, -0.2) is 22.7 Å². The number of pyridine rings is 1. The number of nitrogens with zero attached hydrogens (tertiary/aromatic N) is 1. The van der Waals surface area contributed by atoms with Crippen LogP contribution in [0, 0.1) is 12.3 Å². The average Bonchev–Trinajstić information content (AvgIpc) is 3.69. The summed E-state index contributed by atoms with van der Waals surface area (Å²) in [6, 6.07) is 26.7. The summed E-state index contributed by atoms with van der Waals surface area (Å²) < 4.78 is 0. The number of aromatic nitrogens is 1. The number of hydrogen-bond acceptors (Lipinski definition) is 5. The zero-order valence-electron chi connectivity index (χ0n) is 23.4. The van der Waals surface area contributed by atoms with Crippen molar-refractivity contribution in [3.8, 4) is 0 Å². The van der Waals surface area contributed by atoms with Gasteiger partial charge in [0.25, 0.3) is 0 Å². The summed E-state index contributed by atoms with van der Waals surface area (Å²) in [4.78, 5) is 33.1. The van der Waals surface area contributed by atoms with Gasteiger partial charge in [-0.15, -0.1) is 5.41 Å². The van der Waals surface area contributed by atoms with Gasteiger partial charge in [0.05, 0.1) is 11.2 Å². The molecule has 1 fully saturated rings. The molecule has 0 bridgehead atoms. The fourth-order valence-electron chi connectivity index (χ4n) is 4.56.